The molecule has 4 atom stereocenters. The van der Waals surface area contributed by atoms with E-state index in [1.807, 2.05) is 12.1 Å². The summed E-state index contributed by atoms with van der Waals surface area (Å²) in [6.45, 7) is 2.17. The summed E-state index contributed by atoms with van der Waals surface area (Å²) in [6.07, 6.45) is 4.03. The minimum atomic E-state index is -0.224. The van der Waals surface area contributed by atoms with Crippen LogP contribution in [0.1, 0.15) is 48.4 Å². The quantitative estimate of drug-likeness (QED) is 0.872. The number of nitrogens with zero attached hydrogens (tertiary/aromatic N) is 1. The molecular weight excluding hydrogens is 318 g/mol. The minimum Gasteiger partial charge on any atom is -0.391 e. The van der Waals surface area contributed by atoms with Crippen molar-refractivity contribution in [1.82, 2.24) is 4.90 Å². The maximum Gasteiger partial charge on any atom is 0.0696 e. The zero-order valence-corrected chi connectivity index (χ0v) is 14.8. The molecule has 4 rings (SSSR count). The molecule has 126 valence electrons. The van der Waals surface area contributed by atoms with E-state index in [2.05, 4.69) is 48.2 Å². The van der Waals surface area contributed by atoms with Gasteiger partial charge in [-0.2, -0.15) is 0 Å². The van der Waals surface area contributed by atoms with Crippen molar-refractivity contribution in [3.05, 3.63) is 70.2 Å². The van der Waals surface area contributed by atoms with E-state index in [1.165, 1.54) is 17.5 Å². The molecule has 2 aromatic carbocycles. The first-order chi connectivity index (χ1) is 11.7. The maximum absolute atomic E-state index is 10.6. The first-order valence-corrected chi connectivity index (χ1v) is 9.30. The fourth-order valence-electron chi connectivity index (χ4n) is 4.65. The van der Waals surface area contributed by atoms with Gasteiger partial charge in [0.15, 0.2) is 0 Å². The molecule has 2 bridgehead atoms. The number of benzene rings is 2. The van der Waals surface area contributed by atoms with Gasteiger partial charge < -0.3 is 5.11 Å². The number of aliphatic hydroxyl groups is 1. The van der Waals surface area contributed by atoms with Crippen molar-refractivity contribution in [2.24, 2.45) is 0 Å². The van der Waals surface area contributed by atoms with Crippen LogP contribution in [0.2, 0.25) is 5.02 Å². The van der Waals surface area contributed by atoms with Gasteiger partial charge in [-0.05, 0) is 55.4 Å². The fourth-order valence-corrected chi connectivity index (χ4v) is 4.89. The van der Waals surface area contributed by atoms with Crippen LogP contribution in [0.4, 0.5) is 0 Å². The second-order valence-electron chi connectivity index (χ2n) is 7.17. The third-order valence-electron chi connectivity index (χ3n) is 5.82. The normalized spacial score (nSPS) is 28.0. The third-order valence-corrected chi connectivity index (χ3v) is 6.17. The predicted octanol–water partition coefficient (Wildman–Crippen LogP) is 4.73. The van der Waals surface area contributed by atoms with Crippen molar-refractivity contribution in [3.8, 4) is 0 Å². The van der Waals surface area contributed by atoms with Gasteiger partial charge in [0.2, 0.25) is 0 Å². The predicted molar refractivity (Wildman–Crippen MR) is 98.4 cm³/mol. The van der Waals surface area contributed by atoms with Gasteiger partial charge in [0.25, 0.3) is 0 Å². The SMILES string of the molecule is Cc1ccccc1C(c1ccccc1Cl)N1C2CCC(O)C1CC2. The summed E-state index contributed by atoms with van der Waals surface area (Å²) in [5.74, 6) is 0. The van der Waals surface area contributed by atoms with Gasteiger partial charge >= 0.3 is 0 Å². The van der Waals surface area contributed by atoms with Gasteiger partial charge in [0.05, 0.1) is 12.1 Å². The summed E-state index contributed by atoms with van der Waals surface area (Å²) in [4.78, 5) is 2.55. The topological polar surface area (TPSA) is 23.5 Å². The molecule has 4 unspecified atom stereocenters. The summed E-state index contributed by atoms with van der Waals surface area (Å²) in [7, 11) is 0. The second kappa shape index (κ2) is 6.51. The van der Waals surface area contributed by atoms with Gasteiger partial charge in [-0.15, -0.1) is 0 Å². The van der Waals surface area contributed by atoms with Crippen LogP contribution in [0.15, 0.2) is 48.5 Å². The number of fused-ring (bicyclic) bond motifs is 2. The molecule has 2 fully saturated rings. The first-order valence-electron chi connectivity index (χ1n) is 8.92. The lowest BCUT2D eigenvalue weighted by molar-refractivity contribution is -0.00261. The van der Waals surface area contributed by atoms with E-state index in [0.29, 0.717) is 6.04 Å². The van der Waals surface area contributed by atoms with Gasteiger partial charge in [-0.1, -0.05) is 54.1 Å². The molecule has 3 heteroatoms. The van der Waals surface area contributed by atoms with E-state index in [4.69, 9.17) is 11.6 Å². The highest BCUT2D eigenvalue weighted by Gasteiger charge is 2.46. The Morgan fingerprint density at radius 2 is 1.62 bits per heavy atom. The summed E-state index contributed by atoms with van der Waals surface area (Å²) < 4.78 is 0. The zero-order chi connectivity index (χ0) is 16.7. The molecule has 2 aliphatic rings. The Morgan fingerprint density at radius 3 is 2.38 bits per heavy atom. The van der Waals surface area contributed by atoms with Crippen molar-refractivity contribution < 1.29 is 5.11 Å². The van der Waals surface area contributed by atoms with E-state index in [-0.39, 0.29) is 18.2 Å². The molecule has 24 heavy (non-hydrogen) atoms. The number of aliphatic hydroxyl groups excluding tert-OH is 1. The fraction of sp³-hybridized carbons (Fsp3) is 0.429. The Bertz CT molecular complexity index is 686. The monoisotopic (exact) mass is 341 g/mol. The lowest BCUT2D eigenvalue weighted by Gasteiger charge is -2.44. The van der Waals surface area contributed by atoms with Crippen molar-refractivity contribution in [1.29, 1.82) is 0 Å². The maximum atomic E-state index is 10.6. The lowest BCUT2D eigenvalue weighted by atomic mass is 9.89. The van der Waals surface area contributed by atoms with E-state index in [9.17, 15) is 5.11 Å². The Morgan fingerprint density at radius 1 is 0.958 bits per heavy atom. The van der Waals surface area contributed by atoms with E-state index < -0.39 is 0 Å². The van der Waals surface area contributed by atoms with Crippen LogP contribution < -0.4 is 0 Å². The Hall–Kier alpha value is -1.35. The Labute approximate surface area is 149 Å². The number of rotatable bonds is 3. The molecule has 2 aromatic rings. The number of halogens is 1. The highest BCUT2D eigenvalue weighted by Crippen LogP contribution is 2.46. The highest BCUT2D eigenvalue weighted by atomic mass is 35.5. The Kier molecular flexibility index (Phi) is 4.38. The molecule has 2 aliphatic heterocycles. The number of piperidine rings is 1. The van der Waals surface area contributed by atoms with Crippen LogP contribution >= 0.6 is 11.6 Å². The van der Waals surface area contributed by atoms with Crippen molar-refractivity contribution in [2.45, 2.75) is 56.8 Å². The average molecular weight is 342 g/mol. The number of hydrogen-bond donors (Lipinski definition) is 1. The molecule has 0 spiro atoms. The summed E-state index contributed by atoms with van der Waals surface area (Å²) in [5.41, 5.74) is 3.73. The minimum absolute atomic E-state index is 0.118. The number of aryl methyl sites for hydroxylation is 1. The van der Waals surface area contributed by atoms with Crippen LogP contribution in [0, 0.1) is 6.92 Å². The molecule has 0 saturated carbocycles. The van der Waals surface area contributed by atoms with Gasteiger partial charge in [0, 0.05) is 17.1 Å². The van der Waals surface area contributed by atoms with Gasteiger partial charge in [-0.25, -0.2) is 0 Å². The molecule has 2 nitrogen and oxygen atoms in total. The smallest absolute Gasteiger partial charge is 0.0696 e. The van der Waals surface area contributed by atoms with Gasteiger partial charge in [-0.3, -0.25) is 4.90 Å². The standard InChI is InChI=1S/C21H24ClNO/c1-14-6-2-3-7-16(14)21(17-8-4-5-9-18(17)22)23-15-10-12-19(23)20(24)13-11-15/h2-9,15,19-21,24H,10-13H2,1H3. The first kappa shape index (κ1) is 16.1. The van der Waals surface area contributed by atoms with E-state index >= 15 is 0 Å². The summed E-state index contributed by atoms with van der Waals surface area (Å²) in [5, 5.41) is 11.4. The zero-order valence-electron chi connectivity index (χ0n) is 14.0. The van der Waals surface area contributed by atoms with Gasteiger partial charge in [0.1, 0.15) is 0 Å². The second-order valence-corrected chi connectivity index (χ2v) is 7.58. The van der Waals surface area contributed by atoms with Crippen molar-refractivity contribution in [3.63, 3.8) is 0 Å². The van der Waals surface area contributed by atoms with Crippen LogP contribution in [0.3, 0.4) is 0 Å². The molecule has 0 amide bonds. The third kappa shape index (κ3) is 2.67. The van der Waals surface area contributed by atoms with Crippen LogP contribution in [-0.4, -0.2) is 28.2 Å². The Balaban J connectivity index is 1.86. The largest absolute Gasteiger partial charge is 0.391 e. The molecule has 0 aromatic heterocycles. The molecule has 2 saturated heterocycles. The summed E-state index contributed by atoms with van der Waals surface area (Å²) >= 11 is 6.60. The average Bonchev–Trinajstić information content (AvgIpc) is 2.90. The van der Waals surface area contributed by atoms with E-state index in [0.717, 1.165) is 29.8 Å². The lowest BCUT2D eigenvalue weighted by Crippen LogP contribution is -2.49. The molecule has 0 aliphatic carbocycles. The number of hydrogen-bond acceptors (Lipinski definition) is 2. The van der Waals surface area contributed by atoms with Crippen molar-refractivity contribution in [2.75, 3.05) is 0 Å². The molecular formula is C21H24ClNO. The summed E-state index contributed by atoms with van der Waals surface area (Å²) in [6, 6.07) is 17.6. The van der Waals surface area contributed by atoms with Crippen LogP contribution in [0.25, 0.3) is 0 Å². The molecule has 2 heterocycles. The molecule has 1 N–H and O–H groups in total. The van der Waals surface area contributed by atoms with E-state index in [1.54, 1.807) is 0 Å². The van der Waals surface area contributed by atoms with Crippen LogP contribution in [0.5, 0.6) is 0 Å². The van der Waals surface area contributed by atoms with Crippen LogP contribution in [-0.2, 0) is 0 Å². The molecule has 0 radical (unpaired) electrons. The highest BCUT2D eigenvalue weighted by molar-refractivity contribution is 6.31. The van der Waals surface area contributed by atoms with Crippen molar-refractivity contribution >= 4 is 11.6 Å².